The van der Waals surface area contributed by atoms with Crippen LogP contribution in [0.5, 0.6) is 5.75 Å². The second-order valence-corrected chi connectivity index (χ2v) is 8.01. The largest absolute Gasteiger partial charge is 0.467 e. The van der Waals surface area contributed by atoms with Crippen LogP contribution in [0, 0.1) is 0 Å². The standard InChI is InChI=1S/C20H22N2OS2/c1-4-13-8-9-18-16(10-13)17-12-20(2,23-18)22(19(24)21-17)14-6-5-7-15(11-14)25-3/h5-11,17H,4,12H2,1-3H3,(H,21,24)/t17-,20-/m1/s1. The van der Waals surface area contributed by atoms with Gasteiger partial charge in [-0.05, 0) is 61.6 Å². The number of thioether (sulfide) groups is 1. The van der Waals surface area contributed by atoms with Crippen LogP contribution in [0.15, 0.2) is 47.4 Å². The minimum atomic E-state index is -0.481. The summed E-state index contributed by atoms with van der Waals surface area (Å²) in [6.45, 7) is 4.31. The first-order valence-electron chi connectivity index (χ1n) is 8.60. The van der Waals surface area contributed by atoms with E-state index in [9.17, 15) is 0 Å². The van der Waals surface area contributed by atoms with Crippen LogP contribution < -0.4 is 15.0 Å². The smallest absolute Gasteiger partial charge is 0.188 e. The third-order valence-electron chi connectivity index (χ3n) is 5.06. The first kappa shape index (κ1) is 16.7. The molecule has 0 spiro atoms. The molecule has 130 valence electrons. The molecule has 0 radical (unpaired) electrons. The topological polar surface area (TPSA) is 24.5 Å². The highest BCUT2D eigenvalue weighted by atomic mass is 32.2. The molecule has 2 aliphatic heterocycles. The average molecular weight is 371 g/mol. The molecular weight excluding hydrogens is 348 g/mol. The van der Waals surface area contributed by atoms with Crippen molar-refractivity contribution in [1.82, 2.24) is 5.32 Å². The number of anilines is 1. The Morgan fingerprint density at radius 2 is 2.16 bits per heavy atom. The fraction of sp³-hybridized carbons (Fsp3) is 0.350. The van der Waals surface area contributed by atoms with Crippen molar-refractivity contribution in [2.45, 2.75) is 43.4 Å². The van der Waals surface area contributed by atoms with Crippen LogP contribution in [0.4, 0.5) is 5.69 Å². The molecule has 2 aliphatic rings. The Morgan fingerprint density at radius 3 is 2.92 bits per heavy atom. The van der Waals surface area contributed by atoms with E-state index in [0.717, 1.165) is 29.4 Å². The first-order valence-corrected chi connectivity index (χ1v) is 10.2. The summed E-state index contributed by atoms with van der Waals surface area (Å²) in [5, 5.41) is 4.26. The lowest BCUT2D eigenvalue weighted by atomic mass is 9.89. The number of nitrogens with one attached hydrogen (secondary N) is 1. The van der Waals surface area contributed by atoms with Crippen molar-refractivity contribution < 1.29 is 4.74 Å². The highest BCUT2D eigenvalue weighted by molar-refractivity contribution is 7.98. The molecule has 0 saturated carbocycles. The Morgan fingerprint density at radius 1 is 1.32 bits per heavy atom. The number of hydrogen-bond acceptors (Lipinski definition) is 3. The minimum absolute atomic E-state index is 0.202. The summed E-state index contributed by atoms with van der Waals surface area (Å²) in [6.07, 6.45) is 3.97. The molecule has 3 nitrogen and oxygen atoms in total. The van der Waals surface area contributed by atoms with Crippen molar-refractivity contribution >= 4 is 34.8 Å². The Balaban J connectivity index is 1.77. The van der Waals surface area contributed by atoms with Gasteiger partial charge in [-0.3, -0.25) is 4.90 Å². The van der Waals surface area contributed by atoms with Gasteiger partial charge in [0.25, 0.3) is 0 Å². The molecule has 2 heterocycles. The van der Waals surface area contributed by atoms with E-state index in [0.29, 0.717) is 0 Å². The number of rotatable bonds is 3. The number of ether oxygens (including phenoxy) is 1. The van der Waals surface area contributed by atoms with Crippen LogP contribution in [0.25, 0.3) is 0 Å². The molecule has 0 aliphatic carbocycles. The second-order valence-electron chi connectivity index (χ2n) is 6.75. The van der Waals surface area contributed by atoms with Gasteiger partial charge in [0.2, 0.25) is 0 Å². The summed E-state index contributed by atoms with van der Waals surface area (Å²) in [5.41, 5.74) is 3.13. The SMILES string of the molecule is CCc1ccc2c(c1)[C@H]1C[C@@](C)(O2)N(c2cccc(SC)c2)C(=S)N1. The molecule has 1 N–H and O–H groups in total. The van der Waals surface area contributed by atoms with Gasteiger partial charge >= 0.3 is 0 Å². The highest BCUT2D eigenvalue weighted by Crippen LogP contribution is 2.46. The van der Waals surface area contributed by atoms with Crippen LogP contribution in [0.1, 0.15) is 37.4 Å². The molecule has 2 aromatic carbocycles. The van der Waals surface area contributed by atoms with E-state index in [-0.39, 0.29) is 6.04 Å². The van der Waals surface area contributed by atoms with E-state index in [2.05, 4.69) is 72.8 Å². The third kappa shape index (κ3) is 2.79. The molecule has 0 aromatic heterocycles. The Kier molecular flexibility index (Phi) is 4.16. The average Bonchev–Trinajstić information content (AvgIpc) is 2.61. The van der Waals surface area contributed by atoms with E-state index in [1.54, 1.807) is 11.8 Å². The Bertz CT molecular complexity index is 838. The molecule has 25 heavy (non-hydrogen) atoms. The van der Waals surface area contributed by atoms with Gasteiger partial charge < -0.3 is 10.1 Å². The predicted octanol–water partition coefficient (Wildman–Crippen LogP) is 4.91. The fourth-order valence-electron chi connectivity index (χ4n) is 3.78. The van der Waals surface area contributed by atoms with Crippen LogP contribution in [-0.2, 0) is 6.42 Å². The maximum absolute atomic E-state index is 6.49. The number of thiocarbonyl (C=S) groups is 1. The summed E-state index contributed by atoms with van der Waals surface area (Å²) in [7, 11) is 0. The molecule has 1 fully saturated rings. The lowest BCUT2D eigenvalue weighted by Crippen LogP contribution is -2.65. The minimum Gasteiger partial charge on any atom is -0.467 e. The van der Waals surface area contributed by atoms with Crippen molar-refractivity contribution in [3.05, 3.63) is 53.6 Å². The molecule has 1 saturated heterocycles. The summed E-state index contributed by atoms with van der Waals surface area (Å²) in [6, 6.07) is 15.2. The summed E-state index contributed by atoms with van der Waals surface area (Å²) in [5.74, 6) is 0.956. The highest BCUT2D eigenvalue weighted by Gasteiger charge is 2.48. The molecular formula is C20H22N2OS2. The zero-order valence-electron chi connectivity index (χ0n) is 14.7. The van der Waals surface area contributed by atoms with E-state index in [1.807, 2.05) is 0 Å². The monoisotopic (exact) mass is 370 g/mol. The summed E-state index contributed by atoms with van der Waals surface area (Å²) < 4.78 is 6.49. The van der Waals surface area contributed by atoms with Crippen LogP contribution in [0.2, 0.25) is 0 Å². The van der Waals surface area contributed by atoms with E-state index in [4.69, 9.17) is 17.0 Å². The molecule has 0 unspecified atom stereocenters. The number of fused-ring (bicyclic) bond motifs is 4. The molecule has 4 rings (SSSR count). The zero-order valence-corrected chi connectivity index (χ0v) is 16.3. The maximum atomic E-state index is 6.49. The third-order valence-corrected chi connectivity index (χ3v) is 6.08. The van der Waals surface area contributed by atoms with Crippen molar-refractivity contribution in [2.24, 2.45) is 0 Å². The van der Waals surface area contributed by atoms with Crippen LogP contribution in [-0.4, -0.2) is 17.1 Å². The summed E-state index contributed by atoms with van der Waals surface area (Å²) in [4.78, 5) is 3.34. The van der Waals surface area contributed by atoms with Crippen LogP contribution >= 0.6 is 24.0 Å². The molecule has 2 bridgehead atoms. The van der Waals surface area contributed by atoms with Crippen molar-refractivity contribution in [3.63, 3.8) is 0 Å². The predicted molar refractivity (Wildman–Crippen MR) is 109 cm³/mol. The Hall–Kier alpha value is -1.72. The lowest BCUT2D eigenvalue weighted by molar-refractivity contribution is 0.0497. The quantitative estimate of drug-likeness (QED) is 0.612. The van der Waals surface area contributed by atoms with Crippen molar-refractivity contribution in [3.8, 4) is 5.75 Å². The van der Waals surface area contributed by atoms with E-state index < -0.39 is 5.72 Å². The van der Waals surface area contributed by atoms with Crippen molar-refractivity contribution in [1.29, 1.82) is 0 Å². The van der Waals surface area contributed by atoms with Crippen molar-refractivity contribution in [2.75, 3.05) is 11.2 Å². The van der Waals surface area contributed by atoms with Gasteiger partial charge in [0.15, 0.2) is 10.8 Å². The molecule has 5 heteroatoms. The number of aryl methyl sites for hydroxylation is 1. The van der Waals surface area contributed by atoms with Gasteiger partial charge in [0, 0.05) is 22.6 Å². The fourth-order valence-corrected chi connectivity index (χ4v) is 4.68. The molecule has 0 amide bonds. The molecule has 2 atom stereocenters. The van der Waals surface area contributed by atoms with Gasteiger partial charge in [0.05, 0.1) is 6.04 Å². The van der Waals surface area contributed by atoms with Gasteiger partial charge in [-0.15, -0.1) is 11.8 Å². The second kappa shape index (κ2) is 6.22. The van der Waals surface area contributed by atoms with Gasteiger partial charge in [-0.2, -0.15) is 0 Å². The van der Waals surface area contributed by atoms with E-state index in [1.165, 1.54) is 16.0 Å². The lowest BCUT2D eigenvalue weighted by Gasteiger charge is -2.52. The first-order chi connectivity index (χ1) is 12.0. The van der Waals surface area contributed by atoms with Crippen LogP contribution in [0.3, 0.4) is 0 Å². The van der Waals surface area contributed by atoms with Gasteiger partial charge in [0.1, 0.15) is 5.75 Å². The number of hydrogen-bond donors (Lipinski definition) is 1. The molecule has 2 aromatic rings. The Labute approximate surface area is 158 Å². The maximum Gasteiger partial charge on any atom is 0.188 e. The normalized spacial score (nSPS) is 24.4. The van der Waals surface area contributed by atoms with Gasteiger partial charge in [-0.1, -0.05) is 25.1 Å². The number of benzene rings is 2. The summed E-state index contributed by atoms with van der Waals surface area (Å²) >= 11 is 7.47. The zero-order chi connectivity index (χ0) is 17.6. The van der Waals surface area contributed by atoms with Gasteiger partial charge in [-0.25, -0.2) is 0 Å². The number of nitrogens with zero attached hydrogens (tertiary/aromatic N) is 1. The van der Waals surface area contributed by atoms with E-state index >= 15 is 0 Å².